The fraction of sp³-hybridized carbons (Fsp3) is 0.167. The SMILES string of the molecule is COc1ccccc1-c1cc(C)[nH]c(=S)n1. The quantitative estimate of drug-likeness (QED) is 0.808. The fourth-order valence-corrected chi connectivity index (χ4v) is 1.83. The normalized spacial score (nSPS) is 10.1. The number of para-hydroxylation sites is 1. The Balaban J connectivity index is 2.62. The van der Waals surface area contributed by atoms with Crippen molar-refractivity contribution in [2.45, 2.75) is 6.92 Å². The summed E-state index contributed by atoms with van der Waals surface area (Å²) in [5, 5.41) is 0. The van der Waals surface area contributed by atoms with Crippen molar-refractivity contribution in [1.82, 2.24) is 9.97 Å². The largest absolute Gasteiger partial charge is 0.496 e. The van der Waals surface area contributed by atoms with Crippen LogP contribution in [0.15, 0.2) is 30.3 Å². The zero-order chi connectivity index (χ0) is 11.5. The number of aromatic nitrogens is 2. The zero-order valence-electron chi connectivity index (χ0n) is 9.15. The number of benzene rings is 1. The third kappa shape index (κ3) is 2.12. The van der Waals surface area contributed by atoms with Gasteiger partial charge in [0.05, 0.1) is 12.8 Å². The van der Waals surface area contributed by atoms with Crippen LogP contribution in [-0.2, 0) is 0 Å². The van der Waals surface area contributed by atoms with Crippen LogP contribution in [0.5, 0.6) is 5.75 Å². The first-order valence-electron chi connectivity index (χ1n) is 4.92. The van der Waals surface area contributed by atoms with Gasteiger partial charge >= 0.3 is 0 Å². The molecule has 1 aromatic heterocycles. The summed E-state index contributed by atoms with van der Waals surface area (Å²) in [6, 6.07) is 9.71. The molecule has 0 aliphatic carbocycles. The van der Waals surface area contributed by atoms with Gasteiger partial charge in [-0.1, -0.05) is 12.1 Å². The van der Waals surface area contributed by atoms with Crippen molar-refractivity contribution in [1.29, 1.82) is 0 Å². The summed E-state index contributed by atoms with van der Waals surface area (Å²) in [6.45, 7) is 1.95. The smallest absolute Gasteiger partial charge is 0.197 e. The summed E-state index contributed by atoms with van der Waals surface area (Å²) in [5.41, 5.74) is 2.77. The number of nitrogens with one attached hydrogen (secondary N) is 1. The van der Waals surface area contributed by atoms with E-state index < -0.39 is 0 Å². The van der Waals surface area contributed by atoms with Gasteiger partial charge in [-0.2, -0.15) is 0 Å². The molecule has 1 heterocycles. The van der Waals surface area contributed by atoms with Crippen molar-refractivity contribution in [2.24, 2.45) is 0 Å². The molecule has 3 nitrogen and oxygen atoms in total. The summed E-state index contributed by atoms with van der Waals surface area (Å²) in [6.07, 6.45) is 0. The van der Waals surface area contributed by atoms with Gasteiger partial charge in [0.2, 0.25) is 0 Å². The molecular weight excluding hydrogens is 220 g/mol. The molecule has 0 saturated carbocycles. The minimum Gasteiger partial charge on any atom is -0.496 e. The number of nitrogens with zero attached hydrogens (tertiary/aromatic N) is 1. The summed E-state index contributed by atoms with van der Waals surface area (Å²) < 4.78 is 5.78. The molecule has 4 heteroatoms. The van der Waals surface area contributed by atoms with Crippen molar-refractivity contribution in [3.63, 3.8) is 0 Å². The van der Waals surface area contributed by atoms with Crippen molar-refractivity contribution in [3.05, 3.63) is 40.8 Å². The number of hydrogen-bond donors (Lipinski definition) is 1. The Bertz CT molecular complexity index is 563. The van der Waals surface area contributed by atoms with Crippen LogP contribution in [-0.4, -0.2) is 17.1 Å². The average Bonchev–Trinajstić information content (AvgIpc) is 2.27. The Morgan fingerprint density at radius 2 is 2.06 bits per heavy atom. The van der Waals surface area contributed by atoms with Crippen LogP contribution >= 0.6 is 12.2 Å². The van der Waals surface area contributed by atoms with E-state index in [4.69, 9.17) is 17.0 Å². The Kier molecular flexibility index (Phi) is 3.01. The van der Waals surface area contributed by atoms with Gasteiger partial charge in [-0.25, -0.2) is 4.98 Å². The lowest BCUT2D eigenvalue weighted by Crippen LogP contribution is -1.93. The van der Waals surface area contributed by atoms with Crippen LogP contribution in [0, 0.1) is 11.7 Å². The maximum absolute atomic E-state index is 5.30. The molecule has 0 unspecified atom stereocenters. The van der Waals surface area contributed by atoms with E-state index in [-0.39, 0.29) is 0 Å². The van der Waals surface area contributed by atoms with Crippen LogP contribution in [0.1, 0.15) is 5.69 Å². The number of ether oxygens (including phenoxy) is 1. The van der Waals surface area contributed by atoms with E-state index in [0.717, 1.165) is 22.7 Å². The first-order chi connectivity index (χ1) is 7.70. The van der Waals surface area contributed by atoms with Gasteiger partial charge < -0.3 is 9.72 Å². The molecule has 0 aliphatic rings. The number of H-pyrrole nitrogens is 1. The van der Waals surface area contributed by atoms with Gasteiger partial charge in [-0.3, -0.25) is 0 Å². The topological polar surface area (TPSA) is 37.9 Å². The van der Waals surface area contributed by atoms with Crippen LogP contribution in [0.2, 0.25) is 0 Å². The molecular formula is C12H12N2OS. The van der Waals surface area contributed by atoms with E-state index in [0.29, 0.717) is 4.77 Å². The molecule has 1 aromatic carbocycles. The summed E-state index contributed by atoms with van der Waals surface area (Å²) in [7, 11) is 1.65. The number of methoxy groups -OCH3 is 1. The first kappa shape index (κ1) is 10.8. The second kappa shape index (κ2) is 4.45. The highest BCUT2D eigenvalue weighted by molar-refractivity contribution is 7.71. The molecule has 0 saturated heterocycles. The van der Waals surface area contributed by atoms with Gasteiger partial charge in [0.15, 0.2) is 4.77 Å². The second-order valence-corrected chi connectivity index (χ2v) is 3.84. The molecule has 0 radical (unpaired) electrons. The summed E-state index contributed by atoms with van der Waals surface area (Å²) >= 11 is 5.06. The third-order valence-electron chi connectivity index (χ3n) is 2.26. The number of rotatable bonds is 2. The molecule has 0 amide bonds. The minimum atomic E-state index is 0.487. The molecule has 0 aliphatic heterocycles. The number of aromatic amines is 1. The van der Waals surface area contributed by atoms with Gasteiger partial charge in [-0.05, 0) is 37.3 Å². The van der Waals surface area contributed by atoms with Gasteiger partial charge in [0.1, 0.15) is 5.75 Å². The third-order valence-corrected chi connectivity index (χ3v) is 2.46. The van der Waals surface area contributed by atoms with E-state index in [9.17, 15) is 0 Å². The average molecular weight is 232 g/mol. The molecule has 1 N–H and O–H groups in total. The van der Waals surface area contributed by atoms with E-state index in [1.807, 2.05) is 37.3 Å². The molecule has 2 rings (SSSR count). The fourth-order valence-electron chi connectivity index (χ4n) is 1.57. The molecule has 0 fully saturated rings. The standard InChI is InChI=1S/C12H12N2OS/c1-8-7-10(14-12(16)13-8)9-5-3-4-6-11(9)15-2/h3-7H,1-2H3,(H,13,14,16). The maximum Gasteiger partial charge on any atom is 0.197 e. The van der Waals surface area contributed by atoms with E-state index >= 15 is 0 Å². The highest BCUT2D eigenvalue weighted by Gasteiger charge is 2.06. The van der Waals surface area contributed by atoms with Crippen LogP contribution in [0.4, 0.5) is 0 Å². The van der Waals surface area contributed by atoms with Crippen molar-refractivity contribution < 1.29 is 4.74 Å². The van der Waals surface area contributed by atoms with Crippen molar-refractivity contribution in [2.75, 3.05) is 7.11 Å². The predicted molar refractivity (Wildman–Crippen MR) is 66.1 cm³/mol. The molecule has 0 atom stereocenters. The summed E-state index contributed by atoms with van der Waals surface area (Å²) in [4.78, 5) is 7.27. The van der Waals surface area contributed by atoms with Gasteiger partial charge in [0.25, 0.3) is 0 Å². The van der Waals surface area contributed by atoms with Crippen LogP contribution in [0.3, 0.4) is 0 Å². The Hall–Kier alpha value is -1.68. The van der Waals surface area contributed by atoms with E-state index in [2.05, 4.69) is 9.97 Å². The molecule has 16 heavy (non-hydrogen) atoms. The molecule has 82 valence electrons. The number of hydrogen-bond acceptors (Lipinski definition) is 3. The predicted octanol–water partition coefficient (Wildman–Crippen LogP) is 3.12. The van der Waals surface area contributed by atoms with Crippen molar-refractivity contribution in [3.8, 4) is 17.0 Å². The molecule has 0 spiro atoms. The Morgan fingerprint density at radius 1 is 1.31 bits per heavy atom. The lowest BCUT2D eigenvalue weighted by molar-refractivity contribution is 0.416. The maximum atomic E-state index is 5.30. The van der Waals surface area contributed by atoms with Gasteiger partial charge in [0, 0.05) is 11.3 Å². The molecule has 0 bridgehead atoms. The first-order valence-corrected chi connectivity index (χ1v) is 5.33. The van der Waals surface area contributed by atoms with Crippen LogP contribution < -0.4 is 4.74 Å². The second-order valence-electron chi connectivity index (χ2n) is 3.45. The highest BCUT2D eigenvalue weighted by Crippen LogP contribution is 2.27. The van der Waals surface area contributed by atoms with Crippen molar-refractivity contribution >= 4 is 12.2 Å². The van der Waals surface area contributed by atoms with Gasteiger partial charge in [-0.15, -0.1) is 0 Å². The lowest BCUT2D eigenvalue weighted by Gasteiger charge is -2.07. The Labute approximate surface area is 99.1 Å². The van der Waals surface area contributed by atoms with E-state index in [1.165, 1.54) is 0 Å². The van der Waals surface area contributed by atoms with Crippen LogP contribution in [0.25, 0.3) is 11.3 Å². The minimum absolute atomic E-state index is 0.487. The zero-order valence-corrected chi connectivity index (χ0v) is 9.97. The number of aryl methyl sites for hydroxylation is 1. The summed E-state index contributed by atoms with van der Waals surface area (Å²) in [5.74, 6) is 0.801. The monoisotopic (exact) mass is 232 g/mol. The Morgan fingerprint density at radius 3 is 2.75 bits per heavy atom. The van der Waals surface area contributed by atoms with E-state index in [1.54, 1.807) is 7.11 Å². The highest BCUT2D eigenvalue weighted by atomic mass is 32.1. The molecule has 2 aromatic rings. The lowest BCUT2D eigenvalue weighted by atomic mass is 10.1.